The minimum atomic E-state index is -0.453. The van der Waals surface area contributed by atoms with E-state index in [-0.39, 0.29) is 0 Å². The predicted molar refractivity (Wildman–Crippen MR) is 71.3 cm³/mol. The van der Waals surface area contributed by atoms with Crippen molar-refractivity contribution in [2.24, 2.45) is 5.92 Å². The average molecular weight is 254 g/mol. The summed E-state index contributed by atoms with van der Waals surface area (Å²) in [7, 11) is 0. The van der Waals surface area contributed by atoms with E-state index in [1.54, 1.807) is 0 Å². The molecule has 1 rings (SSSR count). The molecule has 1 N–H and O–H groups in total. The molecule has 4 nitrogen and oxygen atoms in total. The molecule has 1 aliphatic rings. The summed E-state index contributed by atoms with van der Waals surface area (Å²) in [4.78, 5) is 0. The lowest BCUT2D eigenvalue weighted by molar-refractivity contribution is 0.0175. The van der Waals surface area contributed by atoms with Gasteiger partial charge in [-0.25, -0.2) is 0 Å². The van der Waals surface area contributed by atoms with E-state index in [1.807, 2.05) is 6.92 Å². The Morgan fingerprint density at radius 2 is 2.17 bits per heavy atom. The van der Waals surface area contributed by atoms with Crippen LogP contribution in [0.25, 0.3) is 0 Å². The van der Waals surface area contributed by atoms with Gasteiger partial charge in [-0.3, -0.25) is 5.32 Å². The van der Waals surface area contributed by atoms with Crippen LogP contribution in [-0.4, -0.2) is 38.5 Å². The highest BCUT2D eigenvalue weighted by Gasteiger charge is 2.22. The number of nitrogens with zero attached hydrogens (tertiary/aromatic N) is 1. The molecule has 0 bridgehead atoms. The van der Waals surface area contributed by atoms with Gasteiger partial charge in [0.25, 0.3) is 0 Å². The van der Waals surface area contributed by atoms with Gasteiger partial charge in [0.2, 0.25) is 0 Å². The quantitative estimate of drug-likeness (QED) is 0.674. The summed E-state index contributed by atoms with van der Waals surface area (Å²) in [5.74, 6) is 0.635. The number of rotatable bonds is 8. The molecule has 18 heavy (non-hydrogen) atoms. The summed E-state index contributed by atoms with van der Waals surface area (Å²) in [5.41, 5.74) is -0.453. The van der Waals surface area contributed by atoms with Gasteiger partial charge in [0.05, 0.1) is 6.07 Å². The Bertz CT molecular complexity index is 259. The Morgan fingerprint density at radius 1 is 1.44 bits per heavy atom. The minimum absolute atomic E-state index is 0.453. The topological polar surface area (TPSA) is 54.3 Å². The largest absolute Gasteiger partial charge is 0.381 e. The van der Waals surface area contributed by atoms with Crippen molar-refractivity contribution in [3.8, 4) is 6.07 Å². The third-order valence-electron chi connectivity index (χ3n) is 3.45. The Morgan fingerprint density at radius 3 is 2.78 bits per heavy atom. The minimum Gasteiger partial charge on any atom is -0.381 e. The van der Waals surface area contributed by atoms with Crippen LogP contribution in [0.1, 0.15) is 39.5 Å². The summed E-state index contributed by atoms with van der Waals surface area (Å²) in [6.45, 7) is 8.11. The number of hydrogen-bond donors (Lipinski definition) is 1. The smallest absolute Gasteiger partial charge is 0.106 e. The molecule has 1 unspecified atom stereocenters. The monoisotopic (exact) mass is 254 g/mol. The van der Waals surface area contributed by atoms with E-state index in [0.717, 1.165) is 52.0 Å². The van der Waals surface area contributed by atoms with Crippen LogP contribution in [0.3, 0.4) is 0 Å². The first-order valence-electron chi connectivity index (χ1n) is 7.02. The van der Waals surface area contributed by atoms with Gasteiger partial charge in [-0.15, -0.1) is 0 Å². The van der Waals surface area contributed by atoms with Crippen LogP contribution in [0.2, 0.25) is 0 Å². The third kappa shape index (κ3) is 5.81. The highest BCUT2D eigenvalue weighted by atomic mass is 16.5. The lowest BCUT2D eigenvalue weighted by Crippen LogP contribution is -2.42. The van der Waals surface area contributed by atoms with Gasteiger partial charge < -0.3 is 9.47 Å². The molecule has 1 saturated heterocycles. The maximum Gasteiger partial charge on any atom is 0.106 e. The van der Waals surface area contributed by atoms with Crippen LogP contribution in [0.4, 0.5) is 0 Å². The molecule has 0 spiro atoms. The molecule has 4 heteroatoms. The maximum atomic E-state index is 9.18. The van der Waals surface area contributed by atoms with E-state index in [4.69, 9.17) is 9.47 Å². The molecular weight excluding hydrogens is 228 g/mol. The van der Waals surface area contributed by atoms with Gasteiger partial charge in [0, 0.05) is 32.8 Å². The molecule has 0 saturated carbocycles. The second kappa shape index (κ2) is 8.47. The fourth-order valence-electron chi connectivity index (χ4n) is 2.02. The summed E-state index contributed by atoms with van der Waals surface area (Å²) >= 11 is 0. The van der Waals surface area contributed by atoms with Crippen molar-refractivity contribution in [1.29, 1.82) is 5.26 Å². The van der Waals surface area contributed by atoms with Crippen LogP contribution in [-0.2, 0) is 9.47 Å². The van der Waals surface area contributed by atoms with Crippen LogP contribution in [0.15, 0.2) is 0 Å². The zero-order valence-electron chi connectivity index (χ0n) is 11.7. The van der Waals surface area contributed by atoms with Gasteiger partial charge in [0.15, 0.2) is 0 Å². The Hall–Kier alpha value is -0.630. The predicted octanol–water partition coefficient (Wildman–Crippen LogP) is 2.10. The number of nitrogens with one attached hydrogen (secondary N) is 1. The molecular formula is C14H26N2O2. The first-order chi connectivity index (χ1) is 8.70. The summed E-state index contributed by atoms with van der Waals surface area (Å²) < 4.78 is 11.0. The van der Waals surface area contributed by atoms with Gasteiger partial charge >= 0.3 is 0 Å². The van der Waals surface area contributed by atoms with Crippen molar-refractivity contribution in [1.82, 2.24) is 5.32 Å². The first kappa shape index (κ1) is 15.4. The second-order valence-corrected chi connectivity index (χ2v) is 5.25. The molecule has 1 fully saturated rings. The molecule has 1 heterocycles. The van der Waals surface area contributed by atoms with E-state index < -0.39 is 5.54 Å². The van der Waals surface area contributed by atoms with Crippen molar-refractivity contribution in [2.75, 3.05) is 33.0 Å². The van der Waals surface area contributed by atoms with Gasteiger partial charge in [-0.1, -0.05) is 6.92 Å². The molecule has 0 amide bonds. The fraction of sp³-hybridized carbons (Fsp3) is 0.929. The SMILES string of the molecule is CCCNC(C)(C#N)CCOCC1CCOCC1. The van der Waals surface area contributed by atoms with Gasteiger partial charge in [-0.05, 0) is 38.6 Å². The molecule has 1 aliphatic heterocycles. The molecule has 0 aromatic heterocycles. The van der Waals surface area contributed by atoms with Crippen molar-refractivity contribution in [2.45, 2.75) is 45.1 Å². The maximum absolute atomic E-state index is 9.18. The summed E-state index contributed by atoms with van der Waals surface area (Å²) in [6.07, 6.45) is 3.99. The molecule has 0 radical (unpaired) electrons. The van der Waals surface area contributed by atoms with Crippen molar-refractivity contribution >= 4 is 0 Å². The lowest BCUT2D eigenvalue weighted by Gasteiger charge is -2.25. The second-order valence-electron chi connectivity index (χ2n) is 5.25. The highest BCUT2D eigenvalue weighted by molar-refractivity contribution is 5.03. The number of hydrogen-bond acceptors (Lipinski definition) is 4. The molecule has 0 aromatic rings. The third-order valence-corrected chi connectivity index (χ3v) is 3.45. The van der Waals surface area contributed by atoms with E-state index in [2.05, 4.69) is 18.3 Å². The van der Waals surface area contributed by atoms with E-state index in [9.17, 15) is 5.26 Å². The Labute approximate surface area is 111 Å². The lowest BCUT2D eigenvalue weighted by atomic mass is 10.00. The van der Waals surface area contributed by atoms with Crippen LogP contribution in [0, 0.1) is 17.2 Å². The zero-order chi connectivity index (χ0) is 13.3. The highest BCUT2D eigenvalue weighted by Crippen LogP contribution is 2.15. The number of nitriles is 1. The van der Waals surface area contributed by atoms with Gasteiger partial charge in [-0.2, -0.15) is 5.26 Å². The van der Waals surface area contributed by atoms with Crippen molar-refractivity contribution in [3.05, 3.63) is 0 Å². The number of ether oxygens (including phenoxy) is 2. The molecule has 1 atom stereocenters. The average Bonchev–Trinajstić information content (AvgIpc) is 2.43. The molecule has 0 aliphatic carbocycles. The van der Waals surface area contributed by atoms with E-state index in [1.165, 1.54) is 0 Å². The standard InChI is InChI=1S/C14H26N2O2/c1-3-7-16-14(2,12-15)6-10-18-11-13-4-8-17-9-5-13/h13,16H,3-11H2,1-2H3. The van der Waals surface area contributed by atoms with Crippen molar-refractivity contribution in [3.63, 3.8) is 0 Å². The van der Waals surface area contributed by atoms with Gasteiger partial charge in [0.1, 0.15) is 5.54 Å². The van der Waals surface area contributed by atoms with E-state index >= 15 is 0 Å². The Kier molecular flexibility index (Phi) is 7.26. The first-order valence-corrected chi connectivity index (χ1v) is 7.02. The normalized spacial score (nSPS) is 20.3. The molecule has 104 valence electrons. The Balaban J connectivity index is 2.13. The van der Waals surface area contributed by atoms with Crippen LogP contribution >= 0.6 is 0 Å². The van der Waals surface area contributed by atoms with Crippen LogP contribution in [0.5, 0.6) is 0 Å². The summed E-state index contributed by atoms with van der Waals surface area (Å²) in [6, 6.07) is 2.34. The van der Waals surface area contributed by atoms with Crippen molar-refractivity contribution < 1.29 is 9.47 Å². The molecule has 0 aromatic carbocycles. The van der Waals surface area contributed by atoms with Crippen LogP contribution < -0.4 is 5.32 Å². The van der Waals surface area contributed by atoms with E-state index in [0.29, 0.717) is 12.5 Å². The summed E-state index contributed by atoms with van der Waals surface area (Å²) in [5, 5.41) is 12.4. The zero-order valence-corrected chi connectivity index (χ0v) is 11.7. The fourth-order valence-corrected chi connectivity index (χ4v) is 2.02.